The van der Waals surface area contributed by atoms with Crippen LogP contribution < -0.4 is 9.47 Å². The lowest BCUT2D eigenvalue weighted by molar-refractivity contribution is -0.147. The molecule has 0 N–H and O–H groups in total. The maximum Gasteiger partial charge on any atom is 0.323 e. The van der Waals surface area contributed by atoms with Crippen molar-refractivity contribution in [3.05, 3.63) is 23.3 Å². The first kappa shape index (κ1) is 17.6. The van der Waals surface area contributed by atoms with Crippen molar-refractivity contribution in [2.75, 3.05) is 34.9 Å². The summed E-state index contributed by atoms with van der Waals surface area (Å²) < 4.78 is 16.0. The van der Waals surface area contributed by atoms with Gasteiger partial charge in [0.1, 0.15) is 6.04 Å². The van der Waals surface area contributed by atoms with Gasteiger partial charge >= 0.3 is 5.97 Å². The zero-order chi connectivity index (χ0) is 17.1. The van der Waals surface area contributed by atoms with Crippen molar-refractivity contribution in [3.63, 3.8) is 0 Å². The number of carbonyl (C=O) groups excluding carboxylic acids is 1. The summed E-state index contributed by atoms with van der Waals surface area (Å²) in [5.74, 6) is 1.58. The molecule has 1 aromatic carbocycles. The molecule has 1 aliphatic rings. The minimum absolute atomic E-state index is 0.0461. The van der Waals surface area contributed by atoms with E-state index in [0.29, 0.717) is 5.75 Å². The summed E-state index contributed by atoms with van der Waals surface area (Å²) >= 11 is 0. The normalized spacial score (nSPS) is 21.5. The number of esters is 1. The highest BCUT2D eigenvalue weighted by atomic mass is 16.5. The van der Waals surface area contributed by atoms with Crippen LogP contribution in [0.5, 0.6) is 11.5 Å². The second kappa shape index (κ2) is 7.21. The summed E-state index contributed by atoms with van der Waals surface area (Å²) in [7, 11) is 6.71. The highest BCUT2D eigenvalue weighted by Crippen LogP contribution is 2.41. The number of carbonyl (C=O) groups is 1. The van der Waals surface area contributed by atoms with Gasteiger partial charge in [0, 0.05) is 12.5 Å². The number of rotatable bonds is 4. The van der Waals surface area contributed by atoms with Crippen LogP contribution in [0.4, 0.5) is 0 Å². The molecule has 0 radical (unpaired) electrons. The van der Waals surface area contributed by atoms with Gasteiger partial charge in [-0.05, 0) is 42.6 Å². The number of ether oxygens (including phenoxy) is 3. The zero-order valence-corrected chi connectivity index (χ0v) is 14.9. The lowest BCUT2D eigenvalue weighted by Gasteiger charge is -2.33. The number of methoxy groups -OCH3 is 3. The highest BCUT2D eigenvalue weighted by molar-refractivity contribution is 5.77. The van der Waals surface area contributed by atoms with Crippen LogP contribution in [0.2, 0.25) is 0 Å². The maximum absolute atomic E-state index is 12.4. The molecule has 2 rings (SSSR count). The Morgan fingerprint density at radius 1 is 1.17 bits per heavy atom. The molecule has 0 unspecified atom stereocenters. The molecule has 0 bridgehead atoms. The molecule has 5 nitrogen and oxygen atoms in total. The SMILES string of the molecule is COC(=O)[C@H]1[C@H](C(C)C)c2cc(OC)c(OC)cc2CCN1C. The summed E-state index contributed by atoms with van der Waals surface area (Å²) in [6.07, 6.45) is 0.864. The summed E-state index contributed by atoms with van der Waals surface area (Å²) in [5, 5.41) is 0. The Morgan fingerprint density at radius 3 is 2.30 bits per heavy atom. The monoisotopic (exact) mass is 321 g/mol. The molecule has 1 aromatic rings. The van der Waals surface area contributed by atoms with E-state index < -0.39 is 0 Å². The van der Waals surface area contributed by atoms with Gasteiger partial charge < -0.3 is 14.2 Å². The number of hydrogen-bond donors (Lipinski definition) is 0. The van der Waals surface area contributed by atoms with Gasteiger partial charge in [0.05, 0.1) is 21.3 Å². The molecule has 0 fully saturated rings. The predicted octanol–water partition coefficient (Wildman–Crippen LogP) is 2.47. The first-order chi connectivity index (χ1) is 10.9. The van der Waals surface area contributed by atoms with Crippen molar-refractivity contribution in [1.82, 2.24) is 4.90 Å². The van der Waals surface area contributed by atoms with E-state index in [4.69, 9.17) is 14.2 Å². The summed E-state index contributed by atoms with van der Waals surface area (Å²) in [5.41, 5.74) is 2.36. The summed E-state index contributed by atoms with van der Waals surface area (Å²) in [6.45, 7) is 5.08. The Hall–Kier alpha value is -1.75. The van der Waals surface area contributed by atoms with Gasteiger partial charge in [-0.2, -0.15) is 0 Å². The Balaban J connectivity index is 2.61. The minimum atomic E-state index is -0.292. The van der Waals surface area contributed by atoms with Crippen LogP contribution in [0.15, 0.2) is 12.1 Å². The molecule has 0 saturated heterocycles. The van der Waals surface area contributed by atoms with Crippen molar-refractivity contribution in [1.29, 1.82) is 0 Å². The Kier molecular flexibility index (Phi) is 5.52. The van der Waals surface area contributed by atoms with Crippen LogP contribution in [0.25, 0.3) is 0 Å². The lowest BCUT2D eigenvalue weighted by Crippen LogP contribution is -2.44. The third-order valence-electron chi connectivity index (χ3n) is 4.71. The number of benzene rings is 1. The van der Waals surface area contributed by atoms with E-state index in [1.807, 2.05) is 19.2 Å². The van der Waals surface area contributed by atoms with Crippen LogP contribution in [-0.4, -0.2) is 51.8 Å². The van der Waals surface area contributed by atoms with Crippen LogP contribution in [0.3, 0.4) is 0 Å². The van der Waals surface area contributed by atoms with E-state index >= 15 is 0 Å². The number of hydrogen-bond acceptors (Lipinski definition) is 5. The summed E-state index contributed by atoms with van der Waals surface area (Å²) in [4.78, 5) is 14.5. The smallest absolute Gasteiger partial charge is 0.323 e. The van der Waals surface area contributed by atoms with Crippen LogP contribution in [-0.2, 0) is 16.0 Å². The van der Waals surface area contributed by atoms with Crippen molar-refractivity contribution in [3.8, 4) is 11.5 Å². The highest BCUT2D eigenvalue weighted by Gasteiger charge is 2.39. The Labute approximate surface area is 138 Å². The van der Waals surface area contributed by atoms with Gasteiger partial charge in [-0.25, -0.2) is 0 Å². The average molecular weight is 321 g/mol. The molecule has 0 amide bonds. The Morgan fingerprint density at radius 2 is 1.78 bits per heavy atom. The van der Waals surface area contributed by atoms with Gasteiger partial charge in [0.2, 0.25) is 0 Å². The van der Waals surface area contributed by atoms with Gasteiger partial charge in [-0.15, -0.1) is 0 Å². The second-order valence-corrected chi connectivity index (χ2v) is 6.37. The zero-order valence-electron chi connectivity index (χ0n) is 14.9. The fourth-order valence-corrected chi connectivity index (χ4v) is 3.51. The van der Waals surface area contributed by atoms with Crippen molar-refractivity contribution < 1.29 is 19.0 Å². The third kappa shape index (κ3) is 3.29. The molecule has 128 valence electrons. The topological polar surface area (TPSA) is 48.0 Å². The van der Waals surface area contributed by atoms with E-state index in [2.05, 4.69) is 18.7 Å². The van der Waals surface area contributed by atoms with Crippen molar-refractivity contribution >= 4 is 5.97 Å². The van der Waals surface area contributed by atoms with Gasteiger partial charge in [0.15, 0.2) is 11.5 Å². The fourth-order valence-electron chi connectivity index (χ4n) is 3.51. The molecule has 5 heteroatoms. The molecule has 1 aliphatic heterocycles. The van der Waals surface area contributed by atoms with E-state index in [0.717, 1.165) is 24.3 Å². The first-order valence-corrected chi connectivity index (χ1v) is 7.97. The van der Waals surface area contributed by atoms with Crippen LogP contribution in [0.1, 0.15) is 30.9 Å². The molecule has 0 spiro atoms. The van der Waals surface area contributed by atoms with Crippen LogP contribution >= 0.6 is 0 Å². The first-order valence-electron chi connectivity index (χ1n) is 7.97. The summed E-state index contributed by atoms with van der Waals surface area (Å²) in [6, 6.07) is 3.77. The van der Waals surface area contributed by atoms with Gasteiger partial charge in [-0.3, -0.25) is 9.69 Å². The molecule has 0 aliphatic carbocycles. The lowest BCUT2D eigenvalue weighted by atomic mass is 9.80. The van der Waals surface area contributed by atoms with Crippen molar-refractivity contribution in [2.45, 2.75) is 32.2 Å². The number of likely N-dealkylation sites (N-methyl/N-ethyl adjacent to an activating group) is 1. The average Bonchev–Trinajstić information content (AvgIpc) is 2.69. The predicted molar refractivity (Wildman–Crippen MR) is 89.3 cm³/mol. The van der Waals surface area contributed by atoms with Gasteiger partial charge in [-0.1, -0.05) is 13.8 Å². The standard InChI is InChI=1S/C18H27NO4/c1-11(2)16-13-10-15(22-5)14(21-4)9-12(13)7-8-19(3)17(16)18(20)23-6/h9-11,16-17H,7-8H2,1-6H3/t16-,17-/m1/s1. The molecule has 0 aromatic heterocycles. The molecule has 0 saturated carbocycles. The Bertz CT molecular complexity index is 570. The third-order valence-corrected chi connectivity index (χ3v) is 4.71. The van der Waals surface area contributed by atoms with Crippen LogP contribution in [0, 0.1) is 5.92 Å². The fraction of sp³-hybridized carbons (Fsp3) is 0.611. The quantitative estimate of drug-likeness (QED) is 0.797. The second-order valence-electron chi connectivity index (χ2n) is 6.37. The molecular weight excluding hydrogens is 294 g/mol. The van der Waals surface area contributed by atoms with Gasteiger partial charge in [0.25, 0.3) is 0 Å². The van der Waals surface area contributed by atoms with E-state index in [-0.39, 0.29) is 23.8 Å². The van der Waals surface area contributed by atoms with Crippen molar-refractivity contribution in [2.24, 2.45) is 5.92 Å². The molecule has 1 heterocycles. The minimum Gasteiger partial charge on any atom is -0.493 e. The van der Waals surface area contributed by atoms with E-state index in [1.165, 1.54) is 12.7 Å². The maximum atomic E-state index is 12.4. The number of nitrogens with zero attached hydrogens (tertiary/aromatic N) is 1. The largest absolute Gasteiger partial charge is 0.493 e. The number of fused-ring (bicyclic) bond motifs is 1. The van der Waals surface area contributed by atoms with E-state index in [9.17, 15) is 4.79 Å². The molecule has 2 atom stereocenters. The van der Waals surface area contributed by atoms with E-state index in [1.54, 1.807) is 14.2 Å². The molecular formula is C18H27NO4. The molecule has 23 heavy (non-hydrogen) atoms.